The molecule has 27 heavy (non-hydrogen) atoms. The van der Waals surface area contributed by atoms with E-state index in [1.165, 1.54) is 17.6 Å². The summed E-state index contributed by atoms with van der Waals surface area (Å²) in [6, 6.07) is 3.75. The van der Waals surface area contributed by atoms with E-state index in [0.717, 1.165) is 10.2 Å². The Morgan fingerprint density at radius 2 is 2.04 bits per heavy atom. The van der Waals surface area contributed by atoms with Crippen molar-refractivity contribution in [2.75, 3.05) is 40.6 Å². The molecule has 1 aliphatic heterocycles. The van der Waals surface area contributed by atoms with Crippen molar-refractivity contribution in [3.05, 3.63) is 29.0 Å². The third-order valence-electron chi connectivity index (χ3n) is 3.91. The normalized spacial score (nSPS) is 14.5. The summed E-state index contributed by atoms with van der Waals surface area (Å²) < 4.78 is 29.6. The number of thiazole rings is 1. The minimum Gasteiger partial charge on any atom is -0.494 e. The predicted octanol–water partition coefficient (Wildman–Crippen LogP) is 2.07. The summed E-state index contributed by atoms with van der Waals surface area (Å²) in [5, 5.41) is 0. The first-order valence-electron chi connectivity index (χ1n) is 8.54. The molecule has 1 aromatic carbocycles. The van der Waals surface area contributed by atoms with Crippen LogP contribution in [0.1, 0.15) is 6.92 Å². The van der Waals surface area contributed by atoms with E-state index in [1.807, 2.05) is 23.6 Å². The highest BCUT2D eigenvalue weighted by Gasteiger charge is 2.17. The number of fused-ring (bicyclic) bond motifs is 1. The van der Waals surface area contributed by atoms with Gasteiger partial charge in [0, 0.05) is 25.3 Å². The van der Waals surface area contributed by atoms with E-state index in [1.54, 1.807) is 14.2 Å². The standard InChI is InChI=1S/C18H22N2O6S/c1-4-24-6-5-20-12-9-13(22-2)14(23-3)10-16(12)27-18(20)19-17(21)15-11-25-7-8-26-15/h9-11H,4-8H2,1-3H3. The number of amides is 1. The fourth-order valence-corrected chi connectivity index (χ4v) is 3.69. The summed E-state index contributed by atoms with van der Waals surface area (Å²) in [6.45, 7) is 4.35. The predicted molar refractivity (Wildman–Crippen MR) is 100.0 cm³/mol. The molecule has 1 aliphatic rings. The molecule has 1 amide bonds. The van der Waals surface area contributed by atoms with Crippen LogP contribution < -0.4 is 14.3 Å². The number of methoxy groups -OCH3 is 2. The molecule has 2 aromatic rings. The van der Waals surface area contributed by atoms with Gasteiger partial charge in [-0.1, -0.05) is 11.3 Å². The van der Waals surface area contributed by atoms with Crippen molar-refractivity contribution in [2.45, 2.75) is 13.5 Å². The van der Waals surface area contributed by atoms with Gasteiger partial charge in [-0.2, -0.15) is 4.99 Å². The quantitative estimate of drug-likeness (QED) is 0.669. The zero-order chi connectivity index (χ0) is 19.2. The van der Waals surface area contributed by atoms with Gasteiger partial charge in [0.2, 0.25) is 5.76 Å². The molecule has 0 spiro atoms. The van der Waals surface area contributed by atoms with Crippen molar-refractivity contribution in [3.8, 4) is 11.5 Å². The van der Waals surface area contributed by atoms with E-state index in [2.05, 4.69) is 4.99 Å². The SMILES string of the molecule is CCOCCn1c(=NC(=O)C2=COCCO2)sc2cc(OC)c(OC)cc21. The van der Waals surface area contributed by atoms with E-state index in [4.69, 9.17) is 23.7 Å². The van der Waals surface area contributed by atoms with Gasteiger partial charge >= 0.3 is 5.91 Å². The summed E-state index contributed by atoms with van der Waals surface area (Å²) in [4.78, 5) is 17.2. The lowest BCUT2D eigenvalue weighted by Gasteiger charge is -2.12. The number of hydrogen-bond acceptors (Lipinski definition) is 7. The smallest absolute Gasteiger partial charge is 0.317 e. The van der Waals surface area contributed by atoms with Crippen LogP contribution in [0.15, 0.2) is 29.1 Å². The second-order valence-corrected chi connectivity index (χ2v) is 6.54. The molecule has 3 rings (SSSR count). The van der Waals surface area contributed by atoms with Crippen molar-refractivity contribution in [2.24, 2.45) is 4.99 Å². The number of nitrogens with zero attached hydrogens (tertiary/aromatic N) is 2. The van der Waals surface area contributed by atoms with Crippen LogP contribution in [0.25, 0.3) is 10.2 Å². The Morgan fingerprint density at radius 1 is 1.26 bits per heavy atom. The molecule has 1 aromatic heterocycles. The molecule has 0 N–H and O–H groups in total. The maximum absolute atomic E-state index is 12.4. The minimum absolute atomic E-state index is 0.102. The van der Waals surface area contributed by atoms with Crippen molar-refractivity contribution in [3.63, 3.8) is 0 Å². The fourth-order valence-electron chi connectivity index (χ4n) is 2.62. The molecule has 0 saturated carbocycles. The van der Waals surface area contributed by atoms with E-state index < -0.39 is 5.91 Å². The lowest BCUT2D eigenvalue weighted by Crippen LogP contribution is -2.21. The lowest BCUT2D eigenvalue weighted by atomic mass is 10.3. The maximum atomic E-state index is 12.4. The second-order valence-electron chi connectivity index (χ2n) is 5.53. The highest BCUT2D eigenvalue weighted by Crippen LogP contribution is 2.33. The molecule has 0 fully saturated rings. The number of carbonyl (C=O) groups is 1. The van der Waals surface area contributed by atoms with E-state index >= 15 is 0 Å². The van der Waals surface area contributed by atoms with E-state index in [0.29, 0.717) is 49.3 Å². The Kier molecular flexibility index (Phi) is 6.36. The van der Waals surface area contributed by atoms with Gasteiger partial charge in [0.05, 0.1) is 31.0 Å². The van der Waals surface area contributed by atoms with Gasteiger partial charge in [-0.15, -0.1) is 0 Å². The van der Waals surface area contributed by atoms with Gasteiger partial charge in [0.15, 0.2) is 16.3 Å². The number of aromatic nitrogens is 1. The summed E-state index contributed by atoms with van der Waals surface area (Å²) in [5.74, 6) is 0.848. The van der Waals surface area contributed by atoms with Crippen molar-refractivity contribution in [1.29, 1.82) is 0 Å². The second kappa shape index (κ2) is 8.92. The highest BCUT2D eigenvalue weighted by atomic mass is 32.1. The van der Waals surface area contributed by atoms with Gasteiger partial charge in [-0.05, 0) is 6.92 Å². The van der Waals surface area contributed by atoms with Gasteiger partial charge in [0.25, 0.3) is 0 Å². The zero-order valence-corrected chi connectivity index (χ0v) is 16.3. The van der Waals surface area contributed by atoms with Crippen molar-refractivity contribution < 1.29 is 28.5 Å². The number of carbonyl (C=O) groups excluding carboxylic acids is 1. The Hall–Kier alpha value is -2.52. The molecule has 0 radical (unpaired) electrons. The number of hydrogen-bond donors (Lipinski definition) is 0. The van der Waals surface area contributed by atoms with Crippen LogP contribution in [0.5, 0.6) is 11.5 Å². The average molecular weight is 394 g/mol. The number of rotatable bonds is 7. The first-order valence-corrected chi connectivity index (χ1v) is 9.36. The van der Waals surface area contributed by atoms with Gasteiger partial charge in [-0.25, -0.2) is 0 Å². The molecule has 9 heteroatoms. The van der Waals surface area contributed by atoms with Crippen LogP contribution in [-0.2, 0) is 25.5 Å². The molecule has 0 atom stereocenters. The van der Waals surface area contributed by atoms with Gasteiger partial charge in [0.1, 0.15) is 19.5 Å². The lowest BCUT2D eigenvalue weighted by molar-refractivity contribution is -0.119. The highest BCUT2D eigenvalue weighted by molar-refractivity contribution is 7.16. The zero-order valence-electron chi connectivity index (χ0n) is 15.5. The molecule has 0 bridgehead atoms. The van der Waals surface area contributed by atoms with E-state index in [-0.39, 0.29) is 5.76 Å². The molecular formula is C18H22N2O6S. The minimum atomic E-state index is -0.481. The molecule has 0 saturated heterocycles. The van der Waals surface area contributed by atoms with Crippen LogP contribution in [0.3, 0.4) is 0 Å². The Morgan fingerprint density at radius 3 is 2.70 bits per heavy atom. The summed E-state index contributed by atoms with van der Waals surface area (Å²) in [6.07, 6.45) is 1.30. The van der Waals surface area contributed by atoms with Crippen LogP contribution >= 0.6 is 11.3 Å². The van der Waals surface area contributed by atoms with Crippen LogP contribution in [-0.4, -0.2) is 51.1 Å². The number of benzene rings is 1. The van der Waals surface area contributed by atoms with E-state index in [9.17, 15) is 4.79 Å². The van der Waals surface area contributed by atoms with Crippen LogP contribution in [0.4, 0.5) is 0 Å². The monoisotopic (exact) mass is 394 g/mol. The Bertz CT molecular complexity index is 914. The molecule has 0 unspecified atom stereocenters. The summed E-state index contributed by atoms with van der Waals surface area (Å²) >= 11 is 1.38. The molecule has 8 nitrogen and oxygen atoms in total. The molecule has 146 valence electrons. The Labute approximate surface area is 160 Å². The van der Waals surface area contributed by atoms with Gasteiger partial charge < -0.3 is 28.3 Å². The molecule has 2 heterocycles. The first kappa shape index (κ1) is 19.2. The molecular weight excluding hydrogens is 372 g/mol. The van der Waals surface area contributed by atoms with Crippen LogP contribution in [0.2, 0.25) is 0 Å². The van der Waals surface area contributed by atoms with Gasteiger partial charge in [-0.3, -0.25) is 4.79 Å². The Balaban J connectivity index is 2.08. The van der Waals surface area contributed by atoms with Crippen LogP contribution in [0, 0.1) is 0 Å². The fraction of sp³-hybridized carbons (Fsp3) is 0.444. The number of ether oxygens (including phenoxy) is 5. The largest absolute Gasteiger partial charge is 0.494 e. The molecule has 0 aliphatic carbocycles. The summed E-state index contributed by atoms with van der Waals surface area (Å²) in [7, 11) is 3.17. The first-order chi connectivity index (χ1) is 13.2. The topological polar surface area (TPSA) is 80.5 Å². The van der Waals surface area contributed by atoms with Crippen molar-refractivity contribution in [1.82, 2.24) is 4.57 Å². The van der Waals surface area contributed by atoms with Crippen molar-refractivity contribution >= 4 is 27.5 Å². The average Bonchev–Trinajstić information content (AvgIpc) is 3.03. The third-order valence-corrected chi connectivity index (χ3v) is 4.95. The maximum Gasteiger partial charge on any atom is 0.317 e. The summed E-state index contributed by atoms with van der Waals surface area (Å²) in [5.41, 5.74) is 0.888. The third kappa shape index (κ3) is 4.25.